The van der Waals surface area contributed by atoms with Gasteiger partial charge >= 0.3 is 11.6 Å². The average Bonchev–Trinajstić information content (AvgIpc) is 3.47. The summed E-state index contributed by atoms with van der Waals surface area (Å²) in [6, 6.07) is 15.4. The first kappa shape index (κ1) is 36.0. The van der Waals surface area contributed by atoms with Crippen LogP contribution in [-0.2, 0) is 16.0 Å². The number of benzene rings is 2. The molecule has 5 nitrogen and oxygen atoms in total. The third kappa shape index (κ3) is 7.08. The number of ether oxygens (including phenoxy) is 2. The molecule has 4 aliphatic rings. The van der Waals surface area contributed by atoms with Gasteiger partial charge in [0.2, 0.25) is 0 Å². The van der Waals surface area contributed by atoms with Crippen LogP contribution < -0.4 is 10.4 Å². The predicted molar refractivity (Wildman–Crippen MR) is 205 cm³/mol. The van der Waals surface area contributed by atoms with Crippen molar-refractivity contribution in [3.8, 4) is 5.75 Å². The monoisotopic (exact) mass is 692 g/mol. The zero-order chi connectivity index (χ0) is 35.9. The number of hydrogen-bond acceptors (Lipinski definition) is 5. The molecule has 0 saturated heterocycles. The number of carbonyl (C=O) groups excluding carboxylic acids is 1. The first-order valence-corrected chi connectivity index (χ1v) is 20.1. The van der Waals surface area contributed by atoms with E-state index in [0.717, 1.165) is 71.3 Å². The van der Waals surface area contributed by atoms with Gasteiger partial charge in [0.05, 0.1) is 0 Å². The second kappa shape index (κ2) is 14.6. The molecular weight excluding hydrogens is 633 g/mol. The van der Waals surface area contributed by atoms with Gasteiger partial charge in [-0.25, -0.2) is 9.59 Å². The van der Waals surface area contributed by atoms with Crippen LogP contribution in [0.4, 0.5) is 0 Å². The van der Waals surface area contributed by atoms with E-state index in [9.17, 15) is 9.59 Å². The van der Waals surface area contributed by atoms with E-state index in [1.807, 2.05) is 49.4 Å². The molecule has 1 heterocycles. The molecule has 3 fully saturated rings. The van der Waals surface area contributed by atoms with Gasteiger partial charge < -0.3 is 13.9 Å². The number of aryl methyl sites for hydroxylation is 1. The Hall–Kier alpha value is -3.34. The van der Waals surface area contributed by atoms with Crippen LogP contribution in [0.5, 0.6) is 5.75 Å². The van der Waals surface area contributed by atoms with Crippen LogP contribution in [0.1, 0.15) is 122 Å². The molecule has 5 heteroatoms. The minimum Gasteiger partial charge on any atom is -0.482 e. The highest BCUT2D eigenvalue weighted by Gasteiger charge is 2.59. The molecule has 0 aliphatic heterocycles. The van der Waals surface area contributed by atoms with E-state index in [4.69, 9.17) is 13.9 Å². The molecule has 0 spiro atoms. The van der Waals surface area contributed by atoms with Crippen LogP contribution >= 0.6 is 0 Å². The number of allylic oxidation sites excluding steroid dienone is 1. The Morgan fingerprint density at radius 1 is 0.961 bits per heavy atom. The summed E-state index contributed by atoms with van der Waals surface area (Å²) < 4.78 is 17.6. The number of rotatable bonds is 11. The predicted octanol–water partition coefficient (Wildman–Crippen LogP) is 11.0. The van der Waals surface area contributed by atoms with Crippen molar-refractivity contribution in [2.24, 2.45) is 46.3 Å². The Morgan fingerprint density at radius 2 is 1.76 bits per heavy atom. The molecule has 0 radical (unpaired) electrons. The largest absolute Gasteiger partial charge is 0.482 e. The zero-order valence-electron chi connectivity index (χ0n) is 32.0. The molecule has 8 atom stereocenters. The van der Waals surface area contributed by atoms with Crippen LogP contribution in [0.15, 0.2) is 69.4 Å². The van der Waals surface area contributed by atoms with Crippen LogP contribution in [0, 0.1) is 53.3 Å². The maximum atomic E-state index is 13.0. The molecule has 3 unspecified atom stereocenters. The Labute approximate surface area is 305 Å². The van der Waals surface area contributed by atoms with Gasteiger partial charge in [0.15, 0.2) is 6.61 Å². The topological polar surface area (TPSA) is 65.7 Å². The lowest BCUT2D eigenvalue weighted by Gasteiger charge is -2.58. The standard InChI is InChI=1S/C46H60O5/c1-29(2)11-10-12-30(3)39-19-20-40-37-17-15-33-26-35(21-23-45(33,5)41(37)22-24-46(39,40)6)50-43(47)28-49-34-16-18-36-31(4)38(44(48)51-42(36)27-34)25-32-13-8-7-9-14-32/h7-9,13-16,18,27,29-30,35,37,39-41H,10-12,17,19-26,28H2,1-6H3/t30-,35+,37?,39-,40?,41?,45+,46-/m1/s1. The molecule has 7 rings (SSSR count). The maximum Gasteiger partial charge on any atom is 0.344 e. The first-order valence-electron chi connectivity index (χ1n) is 20.1. The van der Waals surface area contributed by atoms with Gasteiger partial charge in [0.1, 0.15) is 17.4 Å². The molecule has 0 bridgehead atoms. The van der Waals surface area contributed by atoms with E-state index in [2.05, 4.69) is 40.7 Å². The summed E-state index contributed by atoms with van der Waals surface area (Å²) in [6.07, 6.45) is 16.7. The lowest BCUT2D eigenvalue weighted by Crippen LogP contribution is -2.51. The van der Waals surface area contributed by atoms with E-state index < -0.39 is 0 Å². The van der Waals surface area contributed by atoms with Gasteiger partial charge in [0, 0.05) is 29.9 Å². The molecule has 2 aromatic carbocycles. The first-order chi connectivity index (χ1) is 24.5. The molecular formula is C46H60O5. The van der Waals surface area contributed by atoms with E-state index in [1.165, 1.54) is 56.9 Å². The summed E-state index contributed by atoms with van der Waals surface area (Å²) in [4.78, 5) is 26.0. The van der Waals surface area contributed by atoms with E-state index >= 15 is 0 Å². The van der Waals surface area contributed by atoms with Crippen molar-refractivity contribution in [3.05, 3.63) is 87.3 Å². The van der Waals surface area contributed by atoms with Gasteiger partial charge in [-0.15, -0.1) is 0 Å². The summed E-state index contributed by atoms with van der Waals surface area (Å²) in [6.45, 7) is 14.3. The van der Waals surface area contributed by atoms with E-state index in [-0.39, 0.29) is 29.7 Å². The fraction of sp³-hybridized carbons (Fsp3) is 0.609. The van der Waals surface area contributed by atoms with Crippen molar-refractivity contribution < 1.29 is 18.7 Å². The van der Waals surface area contributed by atoms with Crippen LogP contribution in [0.2, 0.25) is 0 Å². The van der Waals surface area contributed by atoms with Crippen molar-refractivity contribution in [3.63, 3.8) is 0 Å². The molecule has 3 aromatic rings. The van der Waals surface area contributed by atoms with Crippen molar-refractivity contribution in [1.29, 1.82) is 0 Å². The van der Waals surface area contributed by atoms with E-state index in [0.29, 0.717) is 28.7 Å². The minimum atomic E-state index is -0.346. The Balaban J connectivity index is 0.945. The fourth-order valence-electron chi connectivity index (χ4n) is 11.6. The van der Waals surface area contributed by atoms with Crippen molar-refractivity contribution in [1.82, 2.24) is 0 Å². The second-order valence-corrected chi connectivity index (χ2v) is 17.7. The minimum absolute atomic E-state index is 0.103. The summed E-state index contributed by atoms with van der Waals surface area (Å²) in [5, 5.41) is 0.866. The van der Waals surface area contributed by atoms with E-state index in [1.54, 1.807) is 6.07 Å². The molecule has 3 saturated carbocycles. The molecule has 4 aliphatic carbocycles. The number of carbonyl (C=O) groups is 1. The highest BCUT2D eigenvalue weighted by Crippen LogP contribution is 2.67. The van der Waals surface area contributed by atoms with Crippen LogP contribution in [-0.4, -0.2) is 18.7 Å². The van der Waals surface area contributed by atoms with Gasteiger partial charge in [-0.2, -0.15) is 0 Å². The SMILES string of the molecule is Cc1c(Cc2ccccc2)c(=O)oc2cc(OCC(=O)O[C@H]3CC[C@@]4(C)C(=CCC5C4CC[C@@]4(C)C5CC[C@@H]4[C@H](C)CCCC(C)C)C3)ccc12. The molecule has 0 amide bonds. The third-order valence-corrected chi connectivity index (χ3v) is 14.4. The normalized spacial score (nSPS) is 30.6. The van der Waals surface area contributed by atoms with Gasteiger partial charge in [-0.05, 0) is 121 Å². The van der Waals surface area contributed by atoms with Crippen molar-refractivity contribution in [2.45, 2.75) is 125 Å². The fourth-order valence-corrected chi connectivity index (χ4v) is 11.6. The lowest BCUT2D eigenvalue weighted by atomic mass is 9.47. The highest BCUT2D eigenvalue weighted by atomic mass is 16.6. The van der Waals surface area contributed by atoms with Gasteiger partial charge in [-0.1, -0.05) is 95.9 Å². The number of esters is 1. The highest BCUT2D eigenvalue weighted by molar-refractivity contribution is 5.82. The average molecular weight is 693 g/mol. The molecule has 0 N–H and O–H groups in total. The Kier molecular flexibility index (Phi) is 10.3. The molecule has 51 heavy (non-hydrogen) atoms. The van der Waals surface area contributed by atoms with Gasteiger partial charge in [0.25, 0.3) is 0 Å². The second-order valence-electron chi connectivity index (χ2n) is 17.7. The Bertz CT molecular complexity index is 1800. The van der Waals surface area contributed by atoms with Crippen LogP contribution in [0.3, 0.4) is 0 Å². The summed E-state index contributed by atoms with van der Waals surface area (Å²) >= 11 is 0. The van der Waals surface area contributed by atoms with Gasteiger partial charge in [-0.3, -0.25) is 0 Å². The molecule has 274 valence electrons. The smallest absolute Gasteiger partial charge is 0.344 e. The van der Waals surface area contributed by atoms with Crippen molar-refractivity contribution >= 4 is 16.9 Å². The third-order valence-electron chi connectivity index (χ3n) is 14.4. The summed E-state index contributed by atoms with van der Waals surface area (Å²) in [5.74, 6) is 5.04. The Morgan fingerprint density at radius 3 is 2.55 bits per heavy atom. The molecule has 1 aromatic heterocycles. The number of fused-ring (bicyclic) bond motifs is 6. The number of hydrogen-bond donors (Lipinski definition) is 0. The maximum absolute atomic E-state index is 13.0. The lowest BCUT2D eigenvalue weighted by molar-refractivity contribution is -0.153. The zero-order valence-corrected chi connectivity index (χ0v) is 32.0. The summed E-state index contributed by atoms with van der Waals surface area (Å²) in [7, 11) is 0. The summed E-state index contributed by atoms with van der Waals surface area (Å²) in [5.41, 5.74) is 4.98. The van der Waals surface area contributed by atoms with Crippen molar-refractivity contribution in [2.75, 3.05) is 6.61 Å². The quantitative estimate of drug-likeness (QED) is 0.114. The van der Waals surface area contributed by atoms with Crippen LogP contribution in [0.25, 0.3) is 11.0 Å².